The first-order valence-corrected chi connectivity index (χ1v) is 10.7. The van der Waals surface area contributed by atoms with Gasteiger partial charge in [0.15, 0.2) is 6.54 Å². The van der Waals surface area contributed by atoms with Gasteiger partial charge in [-0.3, -0.25) is 14.5 Å². The molecule has 3 aromatic rings. The van der Waals surface area contributed by atoms with Crippen molar-refractivity contribution in [3.05, 3.63) is 82.0 Å². The molecule has 0 fully saturated rings. The SMILES string of the molecule is CCc1ccc([C@@H]([NH2+]CC(=O)N2CC(=O)Nc3ccccc32)c2cccs2)cc1. The van der Waals surface area contributed by atoms with Crippen LogP contribution < -0.4 is 15.5 Å². The van der Waals surface area contributed by atoms with Crippen molar-refractivity contribution in [2.75, 3.05) is 23.3 Å². The van der Waals surface area contributed by atoms with Crippen LogP contribution in [0.4, 0.5) is 11.4 Å². The summed E-state index contributed by atoms with van der Waals surface area (Å²) in [6.45, 7) is 2.46. The third-order valence-electron chi connectivity index (χ3n) is 5.20. The third-order valence-corrected chi connectivity index (χ3v) is 6.15. The number of hydrogen-bond acceptors (Lipinski definition) is 3. The first-order valence-electron chi connectivity index (χ1n) is 9.80. The molecular weight excluding hydrogens is 382 g/mol. The van der Waals surface area contributed by atoms with Crippen molar-refractivity contribution in [1.29, 1.82) is 0 Å². The standard InChI is InChI=1S/C23H23N3O2S/c1-2-16-9-11-17(12-10-16)23(20-8-5-13-29-20)24-14-22(28)26-15-21(27)25-18-6-3-4-7-19(18)26/h3-13,23-24H,2,14-15H2,1H3,(H,25,27)/p+1/t23-/m1/s1. The molecular formula is C23H24N3O2S+. The molecule has 0 aliphatic carbocycles. The fourth-order valence-electron chi connectivity index (χ4n) is 3.63. The molecule has 4 rings (SSSR count). The van der Waals surface area contributed by atoms with E-state index in [-0.39, 0.29) is 30.9 Å². The Hall–Kier alpha value is -2.96. The minimum atomic E-state index is -0.165. The van der Waals surface area contributed by atoms with E-state index in [0.717, 1.165) is 12.1 Å². The highest BCUT2D eigenvalue weighted by atomic mass is 32.1. The van der Waals surface area contributed by atoms with Gasteiger partial charge < -0.3 is 10.6 Å². The number of aryl methyl sites for hydroxylation is 1. The Morgan fingerprint density at radius 1 is 1.14 bits per heavy atom. The van der Waals surface area contributed by atoms with E-state index in [9.17, 15) is 9.59 Å². The van der Waals surface area contributed by atoms with Crippen molar-refractivity contribution >= 4 is 34.5 Å². The molecule has 148 valence electrons. The summed E-state index contributed by atoms with van der Waals surface area (Å²) in [4.78, 5) is 27.9. The zero-order chi connectivity index (χ0) is 20.2. The lowest BCUT2D eigenvalue weighted by Gasteiger charge is -2.29. The van der Waals surface area contributed by atoms with E-state index in [1.807, 2.05) is 30.3 Å². The fraction of sp³-hybridized carbons (Fsp3) is 0.217. The zero-order valence-electron chi connectivity index (χ0n) is 16.3. The highest BCUT2D eigenvalue weighted by Gasteiger charge is 2.29. The summed E-state index contributed by atoms with van der Waals surface area (Å²) in [6, 6.07) is 20.2. The lowest BCUT2D eigenvalue weighted by atomic mass is 10.0. The molecule has 1 aliphatic rings. The molecule has 1 aromatic heterocycles. The largest absolute Gasteiger partial charge is 0.328 e. The van der Waals surface area contributed by atoms with Crippen molar-refractivity contribution < 1.29 is 14.9 Å². The fourth-order valence-corrected chi connectivity index (χ4v) is 4.48. The Balaban J connectivity index is 1.53. The second kappa shape index (κ2) is 8.59. The van der Waals surface area contributed by atoms with Gasteiger partial charge in [0.1, 0.15) is 12.6 Å². The molecule has 2 heterocycles. The van der Waals surface area contributed by atoms with Crippen molar-refractivity contribution in [3.8, 4) is 0 Å². The molecule has 0 saturated carbocycles. The Labute approximate surface area is 174 Å². The molecule has 1 aliphatic heterocycles. The van der Waals surface area contributed by atoms with Crippen LogP contribution in [0.3, 0.4) is 0 Å². The number of thiophene rings is 1. The first kappa shape index (κ1) is 19.4. The van der Waals surface area contributed by atoms with Crippen molar-refractivity contribution in [2.24, 2.45) is 0 Å². The van der Waals surface area contributed by atoms with Gasteiger partial charge in [-0.15, -0.1) is 11.3 Å². The summed E-state index contributed by atoms with van der Waals surface area (Å²) >= 11 is 1.69. The van der Waals surface area contributed by atoms with Crippen LogP contribution in [0, 0.1) is 0 Å². The Bertz CT molecular complexity index is 999. The van der Waals surface area contributed by atoms with Crippen LogP contribution in [0.1, 0.15) is 29.0 Å². The van der Waals surface area contributed by atoms with E-state index in [2.05, 4.69) is 53.3 Å². The maximum atomic E-state index is 13.0. The number of quaternary nitrogens is 1. The van der Waals surface area contributed by atoms with Crippen LogP contribution in [-0.4, -0.2) is 24.9 Å². The molecule has 0 saturated heterocycles. The maximum Gasteiger partial charge on any atom is 0.282 e. The lowest BCUT2D eigenvalue weighted by molar-refractivity contribution is -0.676. The Morgan fingerprint density at radius 2 is 1.93 bits per heavy atom. The number of benzene rings is 2. The summed E-state index contributed by atoms with van der Waals surface area (Å²) in [5.41, 5.74) is 3.91. The molecule has 6 heteroatoms. The molecule has 0 radical (unpaired) electrons. The molecule has 2 amide bonds. The van der Waals surface area contributed by atoms with E-state index >= 15 is 0 Å². The van der Waals surface area contributed by atoms with E-state index in [4.69, 9.17) is 0 Å². The average molecular weight is 407 g/mol. The van der Waals surface area contributed by atoms with Gasteiger partial charge in [0, 0.05) is 5.56 Å². The summed E-state index contributed by atoms with van der Waals surface area (Å²) in [5.74, 6) is -0.235. The number of carbonyl (C=O) groups excluding carboxylic acids is 2. The van der Waals surface area contributed by atoms with Crippen LogP contribution >= 0.6 is 11.3 Å². The van der Waals surface area contributed by atoms with Gasteiger partial charge in [-0.25, -0.2) is 0 Å². The van der Waals surface area contributed by atoms with E-state index in [0.29, 0.717) is 5.69 Å². The van der Waals surface area contributed by atoms with Crippen LogP contribution in [-0.2, 0) is 16.0 Å². The summed E-state index contributed by atoms with van der Waals surface area (Å²) < 4.78 is 0. The molecule has 5 nitrogen and oxygen atoms in total. The van der Waals surface area contributed by atoms with Crippen LogP contribution in [0.2, 0.25) is 0 Å². The molecule has 29 heavy (non-hydrogen) atoms. The maximum absolute atomic E-state index is 13.0. The van der Waals surface area contributed by atoms with Gasteiger partial charge in [0.25, 0.3) is 5.91 Å². The van der Waals surface area contributed by atoms with Gasteiger partial charge in [-0.1, -0.05) is 49.4 Å². The number of amides is 2. The lowest BCUT2D eigenvalue weighted by Crippen LogP contribution is -2.87. The number of para-hydroxylation sites is 2. The number of rotatable bonds is 6. The minimum Gasteiger partial charge on any atom is -0.328 e. The highest BCUT2D eigenvalue weighted by molar-refractivity contribution is 7.10. The van der Waals surface area contributed by atoms with Gasteiger partial charge in [0.05, 0.1) is 16.3 Å². The predicted molar refractivity (Wildman–Crippen MR) is 116 cm³/mol. The minimum absolute atomic E-state index is 0.0541. The number of hydrogen-bond donors (Lipinski definition) is 2. The van der Waals surface area contributed by atoms with Crippen molar-refractivity contribution in [3.63, 3.8) is 0 Å². The van der Waals surface area contributed by atoms with Crippen LogP contribution in [0.5, 0.6) is 0 Å². The smallest absolute Gasteiger partial charge is 0.282 e. The number of anilines is 2. The number of nitrogens with two attached hydrogens (primary N) is 1. The van der Waals surface area contributed by atoms with Gasteiger partial charge in [-0.05, 0) is 35.6 Å². The molecule has 2 aromatic carbocycles. The number of carbonyl (C=O) groups is 2. The van der Waals surface area contributed by atoms with E-state index in [1.165, 1.54) is 16.0 Å². The monoisotopic (exact) mass is 406 g/mol. The summed E-state index contributed by atoms with van der Waals surface area (Å²) in [6.07, 6.45) is 1.00. The molecule has 3 N–H and O–H groups in total. The van der Waals surface area contributed by atoms with Crippen LogP contribution in [0.25, 0.3) is 0 Å². The molecule has 0 spiro atoms. The number of nitrogens with one attached hydrogen (secondary N) is 1. The Morgan fingerprint density at radius 3 is 2.66 bits per heavy atom. The summed E-state index contributed by atoms with van der Waals surface area (Å²) in [5, 5.41) is 6.95. The van der Waals surface area contributed by atoms with E-state index in [1.54, 1.807) is 16.2 Å². The number of fused-ring (bicyclic) bond motifs is 1. The first-order chi connectivity index (χ1) is 14.2. The average Bonchev–Trinajstić information content (AvgIpc) is 3.28. The van der Waals surface area contributed by atoms with Crippen LogP contribution in [0.15, 0.2) is 66.0 Å². The quantitative estimate of drug-likeness (QED) is 0.661. The van der Waals surface area contributed by atoms with E-state index < -0.39 is 0 Å². The summed E-state index contributed by atoms with van der Waals surface area (Å²) in [7, 11) is 0. The molecule has 0 bridgehead atoms. The number of nitrogens with zero attached hydrogens (tertiary/aromatic N) is 1. The van der Waals surface area contributed by atoms with Gasteiger partial charge in [0.2, 0.25) is 5.91 Å². The van der Waals surface area contributed by atoms with Crippen molar-refractivity contribution in [2.45, 2.75) is 19.4 Å². The third kappa shape index (κ3) is 4.23. The molecule has 1 atom stereocenters. The van der Waals surface area contributed by atoms with Gasteiger partial charge >= 0.3 is 0 Å². The zero-order valence-corrected chi connectivity index (χ0v) is 17.1. The predicted octanol–water partition coefficient (Wildman–Crippen LogP) is 2.95. The second-order valence-corrected chi connectivity index (χ2v) is 8.05. The topological polar surface area (TPSA) is 66.0 Å². The van der Waals surface area contributed by atoms with Crippen molar-refractivity contribution in [1.82, 2.24) is 0 Å². The molecule has 0 unspecified atom stereocenters. The second-order valence-electron chi connectivity index (χ2n) is 7.07. The normalized spacial score (nSPS) is 14.2. The van der Waals surface area contributed by atoms with Gasteiger partial charge in [-0.2, -0.15) is 0 Å². The Kier molecular flexibility index (Phi) is 5.74. The highest BCUT2D eigenvalue weighted by Crippen LogP contribution is 2.29.